The molecule has 0 saturated heterocycles. The third-order valence-corrected chi connectivity index (χ3v) is 5.38. The summed E-state index contributed by atoms with van der Waals surface area (Å²) in [5.41, 5.74) is 0. The average molecular weight is 222 g/mol. The van der Waals surface area contributed by atoms with Crippen molar-refractivity contribution in [2.75, 3.05) is 0 Å². The van der Waals surface area contributed by atoms with Crippen LogP contribution < -0.4 is 0 Å². The predicted octanol–water partition coefficient (Wildman–Crippen LogP) is 4.06. The number of hydrogen-bond donors (Lipinski definition) is 0. The van der Waals surface area contributed by atoms with E-state index < -0.39 is 0 Å². The van der Waals surface area contributed by atoms with Gasteiger partial charge < -0.3 is 4.79 Å². The zero-order valence-corrected chi connectivity index (χ0v) is 10.8. The van der Waals surface area contributed by atoms with Crippen LogP contribution in [-0.2, 0) is 4.79 Å². The third-order valence-electron chi connectivity index (χ3n) is 5.38. The standard InChI is InChI=1S/C15H26O/c1-11-4-3-5-15(12(11)2)14-8-6-13(10-16)7-9-14/h10-15H,3-9H2,1-2H3. The van der Waals surface area contributed by atoms with Gasteiger partial charge in [0.2, 0.25) is 0 Å². The first-order valence-electron chi connectivity index (χ1n) is 7.17. The highest BCUT2D eigenvalue weighted by Gasteiger charge is 2.34. The number of rotatable bonds is 2. The molecule has 0 radical (unpaired) electrons. The second kappa shape index (κ2) is 5.33. The van der Waals surface area contributed by atoms with Crippen LogP contribution in [0.5, 0.6) is 0 Å². The number of aldehydes is 1. The highest BCUT2D eigenvalue weighted by molar-refractivity contribution is 5.53. The van der Waals surface area contributed by atoms with Crippen LogP contribution in [0.2, 0.25) is 0 Å². The molecule has 0 amide bonds. The number of carbonyl (C=O) groups is 1. The van der Waals surface area contributed by atoms with Crippen molar-refractivity contribution in [2.45, 2.75) is 58.8 Å². The first-order chi connectivity index (χ1) is 7.72. The van der Waals surface area contributed by atoms with Crippen LogP contribution in [0.25, 0.3) is 0 Å². The van der Waals surface area contributed by atoms with E-state index in [1.54, 1.807) is 0 Å². The fourth-order valence-electron chi connectivity index (χ4n) is 4.00. The molecule has 1 nitrogen and oxygen atoms in total. The van der Waals surface area contributed by atoms with Crippen molar-refractivity contribution < 1.29 is 4.79 Å². The molecule has 0 aliphatic heterocycles. The van der Waals surface area contributed by atoms with E-state index in [0.29, 0.717) is 5.92 Å². The van der Waals surface area contributed by atoms with Gasteiger partial charge in [0.25, 0.3) is 0 Å². The Balaban J connectivity index is 1.90. The van der Waals surface area contributed by atoms with Gasteiger partial charge in [-0.1, -0.05) is 26.7 Å². The van der Waals surface area contributed by atoms with E-state index in [1.807, 2.05) is 0 Å². The first kappa shape index (κ1) is 12.1. The summed E-state index contributed by atoms with van der Waals surface area (Å²) in [4.78, 5) is 10.8. The molecular weight excluding hydrogens is 196 g/mol. The number of hydrogen-bond acceptors (Lipinski definition) is 1. The van der Waals surface area contributed by atoms with Crippen LogP contribution >= 0.6 is 0 Å². The smallest absolute Gasteiger partial charge is 0.123 e. The summed E-state index contributed by atoms with van der Waals surface area (Å²) in [6.07, 6.45) is 10.4. The van der Waals surface area contributed by atoms with Crippen molar-refractivity contribution in [2.24, 2.45) is 29.6 Å². The van der Waals surface area contributed by atoms with E-state index >= 15 is 0 Å². The average Bonchev–Trinajstić information content (AvgIpc) is 2.33. The van der Waals surface area contributed by atoms with Gasteiger partial charge in [0.1, 0.15) is 6.29 Å². The van der Waals surface area contributed by atoms with Gasteiger partial charge in [-0.3, -0.25) is 0 Å². The van der Waals surface area contributed by atoms with Crippen LogP contribution in [-0.4, -0.2) is 6.29 Å². The minimum atomic E-state index is 0.382. The first-order valence-corrected chi connectivity index (χ1v) is 7.17. The van der Waals surface area contributed by atoms with E-state index in [0.717, 1.165) is 36.5 Å². The Bertz CT molecular complexity index is 228. The van der Waals surface area contributed by atoms with E-state index in [9.17, 15) is 4.79 Å². The second-order valence-corrected chi connectivity index (χ2v) is 6.24. The van der Waals surface area contributed by atoms with Crippen LogP contribution in [0.1, 0.15) is 58.8 Å². The molecule has 2 saturated carbocycles. The molecule has 3 atom stereocenters. The molecule has 0 N–H and O–H groups in total. The fourth-order valence-corrected chi connectivity index (χ4v) is 4.00. The molecule has 0 heterocycles. The van der Waals surface area contributed by atoms with E-state index in [1.165, 1.54) is 38.4 Å². The highest BCUT2D eigenvalue weighted by atomic mass is 16.1. The van der Waals surface area contributed by atoms with Crippen molar-refractivity contribution >= 4 is 6.29 Å². The Morgan fingerprint density at radius 2 is 1.62 bits per heavy atom. The van der Waals surface area contributed by atoms with Crippen LogP contribution in [0.15, 0.2) is 0 Å². The zero-order valence-electron chi connectivity index (χ0n) is 10.8. The van der Waals surface area contributed by atoms with Crippen LogP contribution in [0.4, 0.5) is 0 Å². The molecule has 0 spiro atoms. The largest absolute Gasteiger partial charge is 0.303 e. The van der Waals surface area contributed by atoms with Gasteiger partial charge in [-0.05, 0) is 55.8 Å². The van der Waals surface area contributed by atoms with Gasteiger partial charge in [-0.15, -0.1) is 0 Å². The van der Waals surface area contributed by atoms with Crippen LogP contribution in [0, 0.1) is 29.6 Å². The summed E-state index contributed by atoms with van der Waals surface area (Å²) in [7, 11) is 0. The molecule has 0 aromatic heterocycles. The Morgan fingerprint density at radius 1 is 0.938 bits per heavy atom. The van der Waals surface area contributed by atoms with E-state index in [4.69, 9.17) is 0 Å². The SMILES string of the molecule is CC1CCCC(C2CCC(C=O)CC2)C1C. The minimum Gasteiger partial charge on any atom is -0.303 e. The molecule has 92 valence electrons. The lowest BCUT2D eigenvalue weighted by atomic mass is 9.64. The van der Waals surface area contributed by atoms with Gasteiger partial charge in [0.15, 0.2) is 0 Å². The normalized spacial score (nSPS) is 45.2. The summed E-state index contributed by atoms with van der Waals surface area (Å²) in [5, 5.41) is 0. The highest BCUT2D eigenvalue weighted by Crippen LogP contribution is 2.44. The summed E-state index contributed by atoms with van der Waals surface area (Å²) >= 11 is 0. The van der Waals surface area contributed by atoms with Gasteiger partial charge in [0, 0.05) is 5.92 Å². The fraction of sp³-hybridized carbons (Fsp3) is 0.933. The van der Waals surface area contributed by atoms with E-state index in [2.05, 4.69) is 13.8 Å². The zero-order chi connectivity index (χ0) is 11.5. The molecule has 2 fully saturated rings. The molecule has 2 aliphatic carbocycles. The van der Waals surface area contributed by atoms with Crippen molar-refractivity contribution in [1.82, 2.24) is 0 Å². The van der Waals surface area contributed by atoms with Gasteiger partial charge >= 0.3 is 0 Å². The number of carbonyl (C=O) groups excluding carboxylic acids is 1. The molecular formula is C15H26O. The summed E-state index contributed by atoms with van der Waals surface area (Å²) in [6.45, 7) is 4.88. The molecule has 2 aliphatic rings. The van der Waals surface area contributed by atoms with Crippen molar-refractivity contribution in [3.8, 4) is 0 Å². The van der Waals surface area contributed by atoms with Gasteiger partial charge in [-0.2, -0.15) is 0 Å². The molecule has 3 unspecified atom stereocenters. The molecule has 0 aromatic carbocycles. The van der Waals surface area contributed by atoms with Crippen molar-refractivity contribution in [3.05, 3.63) is 0 Å². The summed E-state index contributed by atoms with van der Waals surface area (Å²) in [6, 6.07) is 0. The Hall–Kier alpha value is -0.330. The summed E-state index contributed by atoms with van der Waals surface area (Å²) < 4.78 is 0. The monoisotopic (exact) mass is 222 g/mol. The maximum absolute atomic E-state index is 10.8. The van der Waals surface area contributed by atoms with Gasteiger partial charge in [-0.25, -0.2) is 0 Å². The predicted molar refractivity (Wildman–Crippen MR) is 67.2 cm³/mol. The van der Waals surface area contributed by atoms with Crippen LogP contribution in [0.3, 0.4) is 0 Å². The Kier molecular flexibility index (Phi) is 4.05. The quantitative estimate of drug-likeness (QED) is 0.644. The Labute approximate surface area is 100.0 Å². The molecule has 16 heavy (non-hydrogen) atoms. The lowest BCUT2D eigenvalue weighted by molar-refractivity contribution is -0.112. The maximum Gasteiger partial charge on any atom is 0.123 e. The lowest BCUT2D eigenvalue weighted by Gasteiger charge is -2.41. The van der Waals surface area contributed by atoms with Gasteiger partial charge in [0.05, 0.1) is 0 Å². The maximum atomic E-state index is 10.8. The third kappa shape index (κ3) is 2.49. The Morgan fingerprint density at radius 3 is 2.25 bits per heavy atom. The summed E-state index contributed by atoms with van der Waals surface area (Å²) in [5.74, 6) is 4.09. The topological polar surface area (TPSA) is 17.1 Å². The minimum absolute atomic E-state index is 0.382. The molecule has 0 bridgehead atoms. The molecule has 1 heteroatoms. The lowest BCUT2D eigenvalue weighted by Crippen LogP contribution is -2.32. The van der Waals surface area contributed by atoms with Crippen molar-refractivity contribution in [3.63, 3.8) is 0 Å². The molecule has 2 rings (SSSR count). The van der Waals surface area contributed by atoms with E-state index in [-0.39, 0.29) is 0 Å². The second-order valence-electron chi connectivity index (χ2n) is 6.24. The molecule has 0 aromatic rings. The van der Waals surface area contributed by atoms with Crippen molar-refractivity contribution in [1.29, 1.82) is 0 Å².